The maximum Gasteiger partial charge on any atom is 0.160 e. The summed E-state index contributed by atoms with van der Waals surface area (Å²) in [4.78, 5) is 9.18. The zero-order valence-corrected chi connectivity index (χ0v) is 11.5. The molecule has 0 aliphatic rings. The minimum Gasteiger partial charge on any atom is -0.311 e. The molecule has 1 atom stereocenters. The van der Waals surface area contributed by atoms with Crippen LogP contribution in [0, 0.1) is 0 Å². The van der Waals surface area contributed by atoms with Gasteiger partial charge in [-0.3, -0.25) is 0 Å². The van der Waals surface area contributed by atoms with Crippen LogP contribution in [0.2, 0.25) is 0 Å². The monoisotopic (exact) mass is 246 g/mol. The lowest BCUT2D eigenvalue weighted by Gasteiger charge is -2.14. The minimum absolute atomic E-state index is 0.269. The van der Waals surface area contributed by atoms with Crippen molar-refractivity contribution < 1.29 is 0 Å². The maximum atomic E-state index is 4.72. The fourth-order valence-corrected chi connectivity index (χ4v) is 2.20. The van der Waals surface area contributed by atoms with Crippen molar-refractivity contribution in [2.24, 2.45) is 0 Å². The average Bonchev–Trinajstić information content (AvgIpc) is 2.76. The van der Waals surface area contributed by atoms with Crippen molar-refractivity contribution in [3.8, 4) is 0 Å². The zero-order valence-electron chi connectivity index (χ0n) is 11.5. The van der Waals surface area contributed by atoms with Crippen molar-refractivity contribution in [2.45, 2.75) is 46.2 Å². The Kier molecular flexibility index (Phi) is 4.31. The highest BCUT2D eigenvalue weighted by Gasteiger charge is 2.15. The van der Waals surface area contributed by atoms with Crippen molar-refractivity contribution in [2.75, 3.05) is 6.54 Å². The Morgan fingerprint density at radius 1 is 1.33 bits per heavy atom. The standard InChI is InChI=1S/C14H22N4/c1-4-8-15-11(3)13-17-12-7-6-9-16-14(12)18(13)10-5-2/h6-7,9,11,15H,4-5,8,10H2,1-3H3. The van der Waals surface area contributed by atoms with Gasteiger partial charge in [-0.05, 0) is 38.4 Å². The molecule has 4 nitrogen and oxygen atoms in total. The van der Waals surface area contributed by atoms with Crippen LogP contribution < -0.4 is 5.32 Å². The summed E-state index contributed by atoms with van der Waals surface area (Å²) in [6, 6.07) is 4.25. The SMILES string of the molecule is CCCNC(C)c1nc2cccnc2n1CCC. The molecule has 0 aromatic carbocycles. The highest BCUT2D eigenvalue weighted by atomic mass is 15.2. The number of aryl methyl sites for hydroxylation is 1. The number of fused-ring (bicyclic) bond motifs is 1. The van der Waals surface area contributed by atoms with E-state index in [1.807, 2.05) is 18.3 Å². The predicted molar refractivity (Wildman–Crippen MR) is 74.5 cm³/mol. The van der Waals surface area contributed by atoms with Crippen LogP contribution in [0.5, 0.6) is 0 Å². The number of nitrogens with one attached hydrogen (secondary N) is 1. The number of aromatic nitrogens is 3. The Balaban J connectivity index is 2.38. The second-order valence-electron chi connectivity index (χ2n) is 4.64. The fourth-order valence-electron chi connectivity index (χ4n) is 2.20. The first-order valence-corrected chi connectivity index (χ1v) is 6.82. The van der Waals surface area contributed by atoms with Crippen molar-refractivity contribution in [1.82, 2.24) is 19.9 Å². The lowest BCUT2D eigenvalue weighted by molar-refractivity contribution is 0.512. The number of nitrogens with zero attached hydrogens (tertiary/aromatic N) is 3. The molecule has 1 unspecified atom stereocenters. The summed E-state index contributed by atoms with van der Waals surface area (Å²) in [7, 11) is 0. The quantitative estimate of drug-likeness (QED) is 0.852. The van der Waals surface area contributed by atoms with Crippen molar-refractivity contribution >= 4 is 11.2 Å². The normalized spacial score (nSPS) is 13.1. The summed E-state index contributed by atoms with van der Waals surface area (Å²) >= 11 is 0. The Labute approximate surface area is 108 Å². The van der Waals surface area contributed by atoms with E-state index in [1.165, 1.54) is 0 Å². The van der Waals surface area contributed by atoms with Gasteiger partial charge >= 0.3 is 0 Å². The van der Waals surface area contributed by atoms with E-state index < -0.39 is 0 Å². The van der Waals surface area contributed by atoms with Gasteiger partial charge in [-0.1, -0.05) is 13.8 Å². The molecule has 0 saturated carbocycles. The highest BCUT2D eigenvalue weighted by Crippen LogP contribution is 2.19. The van der Waals surface area contributed by atoms with Crippen LogP contribution in [-0.2, 0) is 6.54 Å². The molecule has 2 heterocycles. The molecule has 18 heavy (non-hydrogen) atoms. The third-order valence-corrected chi connectivity index (χ3v) is 3.07. The van der Waals surface area contributed by atoms with Gasteiger partial charge in [0.1, 0.15) is 11.3 Å². The minimum atomic E-state index is 0.269. The topological polar surface area (TPSA) is 42.7 Å². The van der Waals surface area contributed by atoms with Crippen LogP contribution in [0.3, 0.4) is 0 Å². The molecule has 2 rings (SSSR count). The van der Waals surface area contributed by atoms with Crippen LogP contribution in [0.15, 0.2) is 18.3 Å². The second-order valence-corrected chi connectivity index (χ2v) is 4.64. The molecule has 0 radical (unpaired) electrons. The number of hydrogen-bond acceptors (Lipinski definition) is 3. The summed E-state index contributed by atoms with van der Waals surface area (Å²) in [5, 5.41) is 3.50. The molecule has 0 bridgehead atoms. The van der Waals surface area contributed by atoms with Gasteiger partial charge in [0.2, 0.25) is 0 Å². The van der Waals surface area contributed by atoms with Crippen molar-refractivity contribution in [1.29, 1.82) is 0 Å². The fraction of sp³-hybridized carbons (Fsp3) is 0.571. The Morgan fingerprint density at radius 3 is 2.89 bits per heavy atom. The lowest BCUT2D eigenvalue weighted by Crippen LogP contribution is -2.23. The first-order valence-electron chi connectivity index (χ1n) is 6.82. The molecular weight excluding hydrogens is 224 g/mol. The molecule has 2 aromatic heterocycles. The van der Waals surface area contributed by atoms with E-state index in [9.17, 15) is 0 Å². The average molecular weight is 246 g/mol. The summed E-state index contributed by atoms with van der Waals surface area (Å²) < 4.78 is 2.24. The van der Waals surface area contributed by atoms with Gasteiger partial charge in [-0.2, -0.15) is 0 Å². The van der Waals surface area contributed by atoms with Gasteiger partial charge in [-0.25, -0.2) is 9.97 Å². The van der Waals surface area contributed by atoms with Crippen LogP contribution >= 0.6 is 0 Å². The first-order chi connectivity index (χ1) is 8.77. The van der Waals surface area contributed by atoms with E-state index in [0.717, 1.165) is 42.9 Å². The number of rotatable bonds is 6. The number of pyridine rings is 1. The molecule has 0 spiro atoms. The Hall–Kier alpha value is -1.42. The smallest absolute Gasteiger partial charge is 0.160 e. The predicted octanol–water partition coefficient (Wildman–Crippen LogP) is 2.90. The summed E-state index contributed by atoms with van der Waals surface area (Å²) in [5.74, 6) is 1.10. The molecular formula is C14H22N4. The molecule has 2 aromatic rings. The third-order valence-electron chi connectivity index (χ3n) is 3.07. The Morgan fingerprint density at radius 2 is 2.17 bits per heavy atom. The molecule has 98 valence electrons. The summed E-state index contributed by atoms with van der Waals surface area (Å²) in [5.41, 5.74) is 1.99. The summed E-state index contributed by atoms with van der Waals surface area (Å²) in [6.07, 6.45) is 4.07. The van der Waals surface area contributed by atoms with E-state index in [0.29, 0.717) is 0 Å². The zero-order chi connectivity index (χ0) is 13.0. The molecule has 0 aliphatic carbocycles. The Bertz CT molecular complexity index is 503. The molecule has 0 aliphatic heterocycles. The molecule has 0 fully saturated rings. The van der Waals surface area contributed by atoms with Crippen LogP contribution in [0.1, 0.15) is 45.5 Å². The molecule has 1 N–H and O–H groups in total. The van der Waals surface area contributed by atoms with Gasteiger partial charge in [-0.15, -0.1) is 0 Å². The van der Waals surface area contributed by atoms with Crippen LogP contribution in [0.25, 0.3) is 11.2 Å². The van der Waals surface area contributed by atoms with E-state index in [4.69, 9.17) is 4.98 Å². The largest absolute Gasteiger partial charge is 0.311 e. The van der Waals surface area contributed by atoms with Gasteiger partial charge in [0, 0.05) is 12.7 Å². The lowest BCUT2D eigenvalue weighted by atomic mass is 10.3. The van der Waals surface area contributed by atoms with E-state index in [1.54, 1.807) is 0 Å². The first kappa shape index (κ1) is 13.0. The maximum absolute atomic E-state index is 4.72. The number of imidazole rings is 1. The van der Waals surface area contributed by atoms with Crippen LogP contribution in [-0.4, -0.2) is 21.1 Å². The summed E-state index contributed by atoms with van der Waals surface area (Å²) in [6.45, 7) is 8.52. The third kappa shape index (κ3) is 2.53. The van der Waals surface area contributed by atoms with Gasteiger partial charge < -0.3 is 9.88 Å². The van der Waals surface area contributed by atoms with E-state index in [-0.39, 0.29) is 6.04 Å². The molecule has 4 heteroatoms. The van der Waals surface area contributed by atoms with Crippen molar-refractivity contribution in [3.63, 3.8) is 0 Å². The van der Waals surface area contributed by atoms with Crippen molar-refractivity contribution in [3.05, 3.63) is 24.2 Å². The second kappa shape index (κ2) is 5.96. The van der Waals surface area contributed by atoms with Gasteiger partial charge in [0.05, 0.1) is 6.04 Å². The molecule has 0 amide bonds. The highest BCUT2D eigenvalue weighted by molar-refractivity contribution is 5.71. The molecule has 0 saturated heterocycles. The van der Waals surface area contributed by atoms with Gasteiger partial charge in [0.15, 0.2) is 5.65 Å². The van der Waals surface area contributed by atoms with Crippen LogP contribution in [0.4, 0.5) is 0 Å². The van der Waals surface area contributed by atoms with E-state index in [2.05, 4.69) is 35.6 Å². The van der Waals surface area contributed by atoms with Gasteiger partial charge in [0.25, 0.3) is 0 Å². The van der Waals surface area contributed by atoms with E-state index >= 15 is 0 Å². The number of hydrogen-bond donors (Lipinski definition) is 1.